The fourth-order valence-electron chi connectivity index (χ4n) is 3.83. The summed E-state index contributed by atoms with van der Waals surface area (Å²) in [7, 11) is 0. The molecule has 2 nitrogen and oxygen atoms in total. The minimum atomic E-state index is 0.512. The quantitative estimate of drug-likeness (QED) is 0.789. The third kappa shape index (κ3) is 4.75. The Kier molecular flexibility index (Phi) is 5.70. The van der Waals surface area contributed by atoms with Gasteiger partial charge in [0.15, 0.2) is 0 Å². The van der Waals surface area contributed by atoms with Crippen LogP contribution in [0.5, 0.6) is 0 Å². The van der Waals surface area contributed by atoms with Crippen molar-refractivity contribution < 1.29 is 0 Å². The van der Waals surface area contributed by atoms with Crippen LogP contribution in [-0.4, -0.2) is 37.1 Å². The van der Waals surface area contributed by atoms with Crippen molar-refractivity contribution in [3.05, 3.63) is 0 Å². The van der Waals surface area contributed by atoms with Crippen LogP contribution in [0, 0.1) is 11.3 Å². The minimum Gasteiger partial charge on any atom is -0.316 e. The van der Waals surface area contributed by atoms with Gasteiger partial charge in [-0.3, -0.25) is 4.90 Å². The molecule has 1 aliphatic heterocycles. The molecule has 1 saturated heterocycles. The number of hydrogen-bond donors (Lipinski definition) is 1. The second-order valence-electron chi connectivity index (χ2n) is 7.68. The maximum Gasteiger partial charge on any atom is 0.00955 e. The maximum atomic E-state index is 3.61. The van der Waals surface area contributed by atoms with Crippen molar-refractivity contribution in [1.29, 1.82) is 0 Å². The van der Waals surface area contributed by atoms with Crippen molar-refractivity contribution in [1.82, 2.24) is 10.2 Å². The molecule has 0 aromatic heterocycles. The van der Waals surface area contributed by atoms with Gasteiger partial charge < -0.3 is 5.32 Å². The summed E-state index contributed by atoms with van der Waals surface area (Å²) in [5, 5.41) is 3.61. The predicted octanol–water partition coefficient (Wildman–Crippen LogP) is 3.67. The first kappa shape index (κ1) is 15.3. The molecule has 0 aromatic rings. The summed E-state index contributed by atoms with van der Waals surface area (Å²) in [5.41, 5.74) is 0.512. The highest BCUT2D eigenvalue weighted by atomic mass is 15.2. The number of piperidine rings is 1. The Balaban J connectivity index is 1.91. The second-order valence-corrected chi connectivity index (χ2v) is 7.68. The van der Waals surface area contributed by atoms with Gasteiger partial charge in [-0.2, -0.15) is 0 Å². The molecule has 112 valence electrons. The van der Waals surface area contributed by atoms with Gasteiger partial charge in [0.2, 0.25) is 0 Å². The van der Waals surface area contributed by atoms with Crippen molar-refractivity contribution >= 4 is 0 Å². The Morgan fingerprint density at radius 1 is 1.21 bits per heavy atom. The largest absolute Gasteiger partial charge is 0.316 e. The van der Waals surface area contributed by atoms with E-state index in [-0.39, 0.29) is 0 Å². The smallest absolute Gasteiger partial charge is 0.00955 e. The van der Waals surface area contributed by atoms with Gasteiger partial charge in [0, 0.05) is 19.1 Å². The van der Waals surface area contributed by atoms with E-state index in [9.17, 15) is 0 Å². The lowest BCUT2D eigenvalue weighted by atomic mass is 9.82. The van der Waals surface area contributed by atoms with Crippen LogP contribution in [-0.2, 0) is 0 Å². The molecule has 2 rings (SSSR count). The Labute approximate surface area is 120 Å². The first-order valence-corrected chi connectivity index (χ1v) is 8.54. The Hall–Kier alpha value is -0.0800. The standard InChI is InChI=1S/C17H34N2/c1-15(2)9-12-19(16-7-4-5-8-16)14-17(3)10-6-11-18-13-17/h15-16,18H,4-14H2,1-3H3. The topological polar surface area (TPSA) is 15.3 Å². The highest BCUT2D eigenvalue weighted by Gasteiger charge is 2.32. The lowest BCUT2D eigenvalue weighted by Crippen LogP contribution is -2.48. The van der Waals surface area contributed by atoms with Crippen molar-refractivity contribution in [3.63, 3.8) is 0 Å². The summed E-state index contributed by atoms with van der Waals surface area (Å²) >= 11 is 0. The fraction of sp³-hybridized carbons (Fsp3) is 1.00. The molecule has 0 amide bonds. The summed E-state index contributed by atoms with van der Waals surface area (Å²) in [6, 6.07) is 0.887. The van der Waals surface area contributed by atoms with E-state index in [2.05, 4.69) is 31.0 Å². The van der Waals surface area contributed by atoms with E-state index in [1.165, 1.54) is 71.1 Å². The van der Waals surface area contributed by atoms with Gasteiger partial charge in [-0.1, -0.05) is 33.6 Å². The van der Waals surface area contributed by atoms with Crippen LogP contribution < -0.4 is 5.32 Å². The average Bonchev–Trinajstić information content (AvgIpc) is 2.89. The highest BCUT2D eigenvalue weighted by molar-refractivity contribution is 4.88. The third-order valence-electron chi connectivity index (χ3n) is 5.11. The van der Waals surface area contributed by atoms with E-state index in [1.54, 1.807) is 0 Å². The van der Waals surface area contributed by atoms with Gasteiger partial charge in [-0.15, -0.1) is 0 Å². The molecular weight excluding hydrogens is 232 g/mol. The molecule has 0 aromatic carbocycles. The zero-order chi connectivity index (χ0) is 13.7. The van der Waals surface area contributed by atoms with Crippen molar-refractivity contribution in [2.45, 2.75) is 71.8 Å². The molecule has 2 heteroatoms. The monoisotopic (exact) mass is 266 g/mol. The number of nitrogens with one attached hydrogen (secondary N) is 1. The number of rotatable bonds is 6. The van der Waals surface area contributed by atoms with Gasteiger partial charge in [0.1, 0.15) is 0 Å². The Morgan fingerprint density at radius 3 is 2.53 bits per heavy atom. The van der Waals surface area contributed by atoms with Gasteiger partial charge in [0.05, 0.1) is 0 Å². The lowest BCUT2D eigenvalue weighted by molar-refractivity contribution is 0.0946. The van der Waals surface area contributed by atoms with E-state index in [4.69, 9.17) is 0 Å². The molecule has 0 radical (unpaired) electrons. The third-order valence-corrected chi connectivity index (χ3v) is 5.11. The molecular formula is C17H34N2. The molecule has 2 fully saturated rings. The first-order chi connectivity index (χ1) is 9.09. The molecule has 2 aliphatic rings. The molecule has 0 spiro atoms. The van der Waals surface area contributed by atoms with E-state index >= 15 is 0 Å². The molecule has 19 heavy (non-hydrogen) atoms. The zero-order valence-corrected chi connectivity index (χ0v) is 13.4. The molecule has 1 heterocycles. The highest BCUT2D eigenvalue weighted by Crippen LogP contribution is 2.31. The van der Waals surface area contributed by atoms with Crippen LogP contribution in [0.1, 0.15) is 65.7 Å². The van der Waals surface area contributed by atoms with E-state index in [1.807, 2.05) is 0 Å². The molecule has 1 aliphatic carbocycles. The first-order valence-electron chi connectivity index (χ1n) is 8.54. The molecule has 1 saturated carbocycles. The number of hydrogen-bond acceptors (Lipinski definition) is 2. The van der Waals surface area contributed by atoms with Crippen molar-refractivity contribution in [2.24, 2.45) is 11.3 Å². The van der Waals surface area contributed by atoms with Crippen LogP contribution in [0.15, 0.2) is 0 Å². The minimum absolute atomic E-state index is 0.512. The van der Waals surface area contributed by atoms with Gasteiger partial charge in [-0.25, -0.2) is 0 Å². The molecule has 1 atom stereocenters. The van der Waals surface area contributed by atoms with Crippen LogP contribution in [0.4, 0.5) is 0 Å². The fourth-order valence-corrected chi connectivity index (χ4v) is 3.83. The van der Waals surface area contributed by atoms with Gasteiger partial charge >= 0.3 is 0 Å². The molecule has 1 N–H and O–H groups in total. The summed E-state index contributed by atoms with van der Waals surface area (Å²) < 4.78 is 0. The van der Waals surface area contributed by atoms with E-state index in [0.717, 1.165) is 12.0 Å². The average molecular weight is 266 g/mol. The normalized spacial score (nSPS) is 29.5. The summed E-state index contributed by atoms with van der Waals surface area (Å²) in [6.45, 7) is 12.3. The van der Waals surface area contributed by atoms with Crippen LogP contribution in [0.25, 0.3) is 0 Å². The van der Waals surface area contributed by atoms with E-state index in [0.29, 0.717) is 5.41 Å². The van der Waals surface area contributed by atoms with Gasteiger partial charge in [0.25, 0.3) is 0 Å². The summed E-state index contributed by atoms with van der Waals surface area (Å²) in [6.07, 6.45) is 9.93. The lowest BCUT2D eigenvalue weighted by Gasteiger charge is -2.41. The van der Waals surface area contributed by atoms with Crippen LogP contribution in [0.3, 0.4) is 0 Å². The molecule has 1 unspecified atom stereocenters. The van der Waals surface area contributed by atoms with Crippen LogP contribution >= 0.6 is 0 Å². The number of nitrogens with zero attached hydrogens (tertiary/aromatic N) is 1. The molecule has 0 bridgehead atoms. The van der Waals surface area contributed by atoms with Crippen molar-refractivity contribution in [2.75, 3.05) is 26.2 Å². The summed E-state index contributed by atoms with van der Waals surface area (Å²) in [4.78, 5) is 2.85. The van der Waals surface area contributed by atoms with Crippen molar-refractivity contribution in [3.8, 4) is 0 Å². The second kappa shape index (κ2) is 7.08. The SMILES string of the molecule is CC(C)CCN(CC1(C)CCCNC1)C1CCCC1. The summed E-state index contributed by atoms with van der Waals surface area (Å²) in [5.74, 6) is 0.834. The zero-order valence-electron chi connectivity index (χ0n) is 13.4. The maximum absolute atomic E-state index is 3.61. The predicted molar refractivity (Wildman–Crippen MR) is 83.5 cm³/mol. The van der Waals surface area contributed by atoms with Crippen LogP contribution in [0.2, 0.25) is 0 Å². The Bertz CT molecular complexity index is 250. The Morgan fingerprint density at radius 2 is 1.95 bits per heavy atom. The van der Waals surface area contributed by atoms with Gasteiger partial charge in [-0.05, 0) is 56.5 Å². The van der Waals surface area contributed by atoms with E-state index < -0.39 is 0 Å².